The van der Waals surface area contributed by atoms with Gasteiger partial charge in [-0.2, -0.15) is 0 Å². The first-order chi connectivity index (χ1) is 9.81. The van der Waals surface area contributed by atoms with Crippen molar-refractivity contribution in [3.63, 3.8) is 0 Å². The van der Waals surface area contributed by atoms with E-state index in [2.05, 4.69) is 42.7 Å². The minimum atomic E-state index is 0.303. The molecule has 0 radical (unpaired) electrons. The van der Waals surface area contributed by atoms with Crippen LogP contribution in [0.1, 0.15) is 44.1 Å². The summed E-state index contributed by atoms with van der Waals surface area (Å²) in [5, 5.41) is 0. The number of hydrogen-bond acceptors (Lipinski definition) is 3. The van der Waals surface area contributed by atoms with Crippen molar-refractivity contribution in [2.24, 2.45) is 5.84 Å². The highest BCUT2D eigenvalue weighted by molar-refractivity contribution is 7.99. The molecule has 110 valence electrons. The molecule has 3 heteroatoms. The first-order valence-corrected chi connectivity index (χ1v) is 8.63. The van der Waals surface area contributed by atoms with E-state index >= 15 is 0 Å². The molecule has 2 rings (SSSR count). The van der Waals surface area contributed by atoms with Gasteiger partial charge in [-0.05, 0) is 44.2 Å². The van der Waals surface area contributed by atoms with Gasteiger partial charge in [-0.3, -0.25) is 11.3 Å². The van der Waals surface area contributed by atoms with Gasteiger partial charge in [0.05, 0.1) is 6.04 Å². The maximum Gasteiger partial charge on any atom is 0.0513 e. The molecule has 20 heavy (non-hydrogen) atoms. The highest BCUT2D eigenvalue weighted by atomic mass is 32.2. The summed E-state index contributed by atoms with van der Waals surface area (Å²) in [6, 6.07) is 8.87. The Labute approximate surface area is 127 Å². The number of nitrogens with two attached hydrogens (primary N) is 1. The number of hydrazine groups is 1. The van der Waals surface area contributed by atoms with Gasteiger partial charge >= 0.3 is 0 Å². The minimum Gasteiger partial charge on any atom is -0.271 e. The molecule has 0 saturated carbocycles. The summed E-state index contributed by atoms with van der Waals surface area (Å²) in [5.41, 5.74) is 5.88. The normalized spacial score (nSPS) is 20.6. The van der Waals surface area contributed by atoms with Crippen molar-refractivity contribution in [3.8, 4) is 0 Å². The molecule has 2 nitrogen and oxygen atoms in total. The first-order valence-electron chi connectivity index (χ1n) is 7.64. The number of rotatable bonds is 5. The largest absolute Gasteiger partial charge is 0.271 e. The van der Waals surface area contributed by atoms with Crippen LogP contribution in [0, 0.1) is 6.92 Å². The maximum absolute atomic E-state index is 5.79. The number of aryl methyl sites for hydroxylation is 1. The molecule has 1 aromatic carbocycles. The second kappa shape index (κ2) is 8.50. The molecule has 0 heterocycles. The zero-order chi connectivity index (χ0) is 14.2. The Hall–Kier alpha value is -0.770. The Bertz CT molecular complexity index is 442. The number of allylic oxidation sites excluding steroid dienone is 1. The molecule has 0 spiro atoms. The second-order valence-electron chi connectivity index (χ2n) is 5.53. The Kier molecular flexibility index (Phi) is 6.64. The Morgan fingerprint density at radius 1 is 1.20 bits per heavy atom. The van der Waals surface area contributed by atoms with Crippen molar-refractivity contribution in [1.29, 1.82) is 0 Å². The lowest BCUT2D eigenvalue weighted by Crippen LogP contribution is -2.38. The van der Waals surface area contributed by atoms with Crippen LogP contribution in [-0.4, -0.2) is 11.8 Å². The average molecular weight is 290 g/mol. The number of hydrogen-bond donors (Lipinski definition) is 2. The first kappa shape index (κ1) is 15.6. The third-order valence-corrected chi connectivity index (χ3v) is 5.24. The molecular weight excluding hydrogens is 264 g/mol. The van der Waals surface area contributed by atoms with Crippen LogP contribution in [0.25, 0.3) is 0 Å². The zero-order valence-corrected chi connectivity index (χ0v) is 13.2. The van der Waals surface area contributed by atoms with Gasteiger partial charge in [0.25, 0.3) is 0 Å². The van der Waals surface area contributed by atoms with Crippen LogP contribution in [0.15, 0.2) is 40.8 Å². The van der Waals surface area contributed by atoms with E-state index in [1.54, 1.807) is 0 Å². The third-order valence-electron chi connectivity index (χ3n) is 3.97. The van der Waals surface area contributed by atoms with Crippen molar-refractivity contribution < 1.29 is 0 Å². The third kappa shape index (κ3) is 4.65. The molecule has 0 aliphatic heterocycles. The number of nitrogens with one attached hydrogen (secondary N) is 1. The predicted molar refractivity (Wildman–Crippen MR) is 88.8 cm³/mol. The highest BCUT2D eigenvalue weighted by Crippen LogP contribution is 2.26. The molecule has 1 atom stereocenters. The van der Waals surface area contributed by atoms with Gasteiger partial charge in [0.2, 0.25) is 0 Å². The lowest BCUT2D eigenvalue weighted by molar-refractivity contribution is 0.567. The maximum atomic E-state index is 5.79. The molecule has 1 aliphatic carbocycles. The van der Waals surface area contributed by atoms with Crippen molar-refractivity contribution in [3.05, 3.63) is 41.5 Å². The molecular formula is C17H26N2S. The van der Waals surface area contributed by atoms with Gasteiger partial charge in [-0.1, -0.05) is 42.7 Å². The fourth-order valence-corrected chi connectivity index (χ4v) is 3.81. The molecule has 0 amide bonds. The van der Waals surface area contributed by atoms with E-state index in [0.717, 1.165) is 5.75 Å². The van der Waals surface area contributed by atoms with Gasteiger partial charge < -0.3 is 0 Å². The molecule has 0 bridgehead atoms. The van der Waals surface area contributed by atoms with E-state index in [0.29, 0.717) is 6.04 Å². The Balaban J connectivity index is 1.96. The molecule has 1 unspecified atom stereocenters. The van der Waals surface area contributed by atoms with Crippen LogP contribution < -0.4 is 11.3 Å². The summed E-state index contributed by atoms with van der Waals surface area (Å²) in [6.07, 6.45) is 10.2. The summed E-state index contributed by atoms with van der Waals surface area (Å²) < 4.78 is 0. The van der Waals surface area contributed by atoms with Gasteiger partial charge in [-0.15, -0.1) is 11.8 Å². The summed E-state index contributed by atoms with van der Waals surface area (Å²) in [7, 11) is 0. The van der Waals surface area contributed by atoms with E-state index in [1.165, 1.54) is 54.6 Å². The standard InChI is InChI=1S/C17H26N2S/c1-14-9-7-8-12-17(14)20-13-16(19-18)15-10-5-3-2-4-6-11-15/h7-10,12,16,19H,2-6,11,13,18H2,1H3/b15-10+. The molecule has 1 aliphatic rings. The fraction of sp³-hybridized carbons (Fsp3) is 0.529. The molecule has 0 aromatic heterocycles. The van der Waals surface area contributed by atoms with Crippen LogP contribution in [0.2, 0.25) is 0 Å². The predicted octanol–water partition coefficient (Wildman–Crippen LogP) is 4.20. The van der Waals surface area contributed by atoms with E-state index in [1.807, 2.05) is 11.8 Å². The lowest BCUT2D eigenvalue weighted by atomic mass is 9.96. The average Bonchev–Trinajstić information content (AvgIpc) is 2.42. The van der Waals surface area contributed by atoms with E-state index in [-0.39, 0.29) is 0 Å². The number of benzene rings is 1. The molecule has 0 saturated heterocycles. The Morgan fingerprint density at radius 3 is 2.80 bits per heavy atom. The molecule has 1 aromatic rings. The topological polar surface area (TPSA) is 38.0 Å². The van der Waals surface area contributed by atoms with E-state index in [4.69, 9.17) is 5.84 Å². The lowest BCUT2D eigenvalue weighted by Gasteiger charge is -2.21. The highest BCUT2D eigenvalue weighted by Gasteiger charge is 2.14. The summed E-state index contributed by atoms with van der Waals surface area (Å²) in [6.45, 7) is 2.17. The van der Waals surface area contributed by atoms with Crippen LogP contribution in [0.4, 0.5) is 0 Å². The van der Waals surface area contributed by atoms with Gasteiger partial charge in [0.1, 0.15) is 0 Å². The van der Waals surface area contributed by atoms with Gasteiger partial charge in [-0.25, -0.2) is 0 Å². The quantitative estimate of drug-likeness (QED) is 0.369. The van der Waals surface area contributed by atoms with Crippen LogP contribution in [0.3, 0.4) is 0 Å². The van der Waals surface area contributed by atoms with Crippen LogP contribution in [-0.2, 0) is 0 Å². The minimum absolute atomic E-state index is 0.303. The van der Waals surface area contributed by atoms with Crippen LogP contribution in [0.5, 0.6) is 0 Å². The van der Waals surface area contributed by atoms with Crippen molar-refractivity contribution in [2.75, 3.05) is 5.75 Å². The van der Waals surface area contributed by atoms with E-state index in [9.17, 15) is 0 Å². The van der Waals surface area contributed by atoms with Gasteiger partial charge in [0.15, 0.2) is 0 Å². The smallest absolute Gasteiger partial charge is 0.0513 e. The fourth-order valence-electron chi connectivity index (χ4n) is 2.69. The molecule has 0 fully saturated rings. The molecule has 3 N–H and O–H groups in total. The SMILES string of the molecule is Cc1ccccc1SCC(NN)/C1=C/CCCCCC1. The van der Waals surface area contributed by atoms with E-state index < -0.39 is 0 Å². The Morgan fingerprint density at radius 2 is 2.00 bits per heavy atom. The van der Waals surface area contributed by atoms with Crippen molar-refractivity contribution in [1.82, 2.24) is 5.43 Å². The summed E-state index contributed by atoms with van der Waals surface area (Å²) in [5.74, 6) is 6.80. The second-order valence-corrected chi connectivity index (χ2v) is 6.59. The summed E-state index contributed by atoms with van der Waals surface area (Å²) >= 11 is 1.90. The number of thioether (sulfide) groups is 1. The zero-order valence-electron chi connectivity index (χ0n) is 12.4. The monoisotopic (exact) mass is 290 g/mol. The van der Waals surface area contributed by atoms with Crippen LogP contribution >= 0.6 is 11.8 Å². The summed E-state index contributed by atoms with van der Waals surface area (Å²) in [4.78, 5) is 1.36. The van der Waals surface area contributed by atoms with Gasteiger partial charge in [0, 0.05) is 10.6 Å². The van der Waals surface area contributed by atoms with Crippen molar-refractivity contribution in [2.45, 2.75) is 56.4 Å². The van der Waals surface area contributed by atoms with Crippen molar-refractivity contribution >= 4 is 11.8 Å².